The topological polar surface area (TPSA) is 79.4 Å². The maximum atomic E-state index is 13.0. The Hall–Kier alpha value is -2.00. The molecule has 1 saturated heterocycles. The first-order valence-electron chi connectivity index (χ1n) is 8.92. The molecule has 2 heterocycles. The molecule has 0 radical (unpaired) electrons. The third kappa shape index (κ3) is 3.77. The van der Waals surface area contributed by atoms with E-state index >= 15 is 0 Å². The minimum atomic E-state index is -3.73. The summed E-state index contributed by atoms with van der Waals surface area (Å²) in [5.41, 5.74) is 1.02. The SMILES string of the molecule is O=C(Nc1nc2ccccc2s1)c1ccc(Cl)c(S(=O)(=O)N2CCCCC2)c1. The fraction of sp³-hybridized carbons (Fsp3) is 0.263. The average Bonchev–Trinajstić information content (AvgIpc) is 3.11. The first-order valence-corrected chi connectivity index (χ1v) is 11.6. The van der Waals surface area contributed by atoms with E-state index in [4.69, 9.17) is 11.6 Å². The number of para-hydroxylation sites is 1. The highest BCUT2D eigenvalue weighted by molar-refractivity contribution is 7.89. The number of sulfonamides is 1. The van der Waals surface area contributed by atoms with Gasteiger partial charge in [-0.15, -0.1) is 0 Å². The summed E-state index contributed by atoms with van der Waals surface area (Å²) in [7, 11) is -3.73. The zero-order chi connectivity index (χ0) is 19.7. The van der Waals surface area contributed by atoms with Gasteiger partial charge in [0.1, 0.15) is 4.90 Å². The van der Waals surface area contributed by atoms with Crippen molar-refractivity contribution in [3.05, 3.63) is 53.1 Å². The van der Waals surface area contributed by atoms with Gasteiger partial charge >= 0.3 is 0 Å². The molecule has 6 nitrogen and oxygen atoms in total. The average molecular weight is 436 g/mol. The van der Waals surface area contributed by atoms with Gasteiger partial charge in [0, 0.05) is 18.7 Å². The molecular weight excluding hydrogens is 418 g/mol. The second-order valence-electron chi connectivity index (χ2n) is 6.55. The number of fused-ring (bicyclic) bond motifs is 1. The molecule has 0 atom stereocenters. The highest BCUT2D eigenvalue weighted by Gasteiger charge is 2.28. The van der Waals surface area contributed by atoms with Crippen molar-refractivity contribution < 1.29 is 13.2 Å². The minimum absolute atomic E-state index is 0.0342. The van der Waals surface area contributed by atoms with Gasteiger partial charge in [0.25, 0.3) is 5.91 Å². The van der Waals surface area contributed by atoms with Crippen LogP contribution in [0.4, 0.5) is 5.13 Å². The van der Waals surface area contributed by atoms with Gasteiger partial charge in [-0.25, -0.2) is 13.4 Å². The third-order valence-corrected chi connectivity index (χ3v) is 7.97. The van der Waals surface area contributed by atoms with Gasteiger partial charge in [-0.1, -0.05) is 41.5 Å². The van der Waals surface area contributed by atoms with Crippen LogP contribution < -0.4 is 5.32 Å². The summed E-state index contributed by atoms with van der Waals surface area (Å²) in [4.78, 5) is 17.0. The van der Waals surface area contributed by atoms with Crippen LogP contribution in [0.3, 0.4) is 0 Å². The fourth-order valence-corrected chi connectivity index (χ4v) is 6.06. The van der Waals surface area contributed by atoms with Crippen molar-refractivity contribution in [3.8, 4) is 0 Å². The summed E-state index contributed by atoms with van der Waals surface area (Å²) in [6.07, 6.45) is 2.67. The number of benzene rings is 2. The van der Waals surface area contributed by atoms with Crippen molar-refractivity contribution in [2.75, 3.05) is 18.4 Å². The summed E-state index contributed by atoms with van der Waals surface area (Å²) < 4.78 is 28.3. The van der Waals surface area contributed by atoms with Crippen molar-refractivity contribution in [1.29, 1.82) is 0 Å². The number of nitrogens with zero attached hydrogens (tertiary/aromatic N) is 2. The van der Waals surface area contributed by atoms with Gasteiger partial charge in [0.05, 0.1) is 15.2 Å². The largest absolute Gasteiger partial charge is 0.298 e. The smallest absolute Gasteiger partial charge is 0.257 e. The molecule has 1 aliphatic heterocycles. The van der Waals surface area contributed by atoms with Crippen LogP contribution in [0.15, 0.2) is 47.4 Å². The van der Waals surface area contributed by atoms with Gasteiger partial charge in [-0.2, -0.15) is 4.31 Å². The molecule has 2 aromatic carbocycles. The first-order chi connectivity index (χ1) is 13.4. The maximum absolute atomic E-state index is 13.0. The molecule has 1 aliphatic rings. The predicted molar refractivity (Wildman–Crippen MR) is 112 cm³/mol. The normalized spacial score (nSPS) is 15.6. The van der Waals surface area contributed by atoms with E-state index in [1.54, 1.807) is 0 Å². The zero-order valence-corrected chi connectivity index (χ0v) is 17.3. The number of anilines is 1. The lowest BCUT2D eigenvalue weighted by Crippen LogP contribution is -2.35. The Labute approximate surface area is 172 Å². The molecule has 1 aromatic heterocycles. The van der Waals surface area contributed by atoms with Crippen LogP contribution in [0, 0.1) is 0 Å². The van der Waals surface area contributed by atoms with Gasteiger partial charge < -0.3 is 0 Å². The number of hydrogen-bond donors (Lipinski definition) is 1. The van der Waals surface area contributed by atoms with Crippen molar-refractivity contribution in [2.45, 2.75) is 24.2 Å². The van der Waals surface area contributed by atoms with Crippen LogP contribution in [0.25, 0.3) is 10.2 Å². The molecule has 146 valence electrons. The predicted octanol–water partition coefficient (Wildman–Crippen LogP) is 4.38. The number of aromatic nitrogens is 1. The Bertz CT molecular complexity index is 1110. The lowest BCUT2D eigenvalue weighted by atomic mass is 10.2. The molecular formula is C19H18ClN3O3S2. The highest BCUT2D eigenvalue weighted by atomic mass is 35.5. The third-order valence-electron chi connectivity index (χ3n) is 4.64. The standard InChI is InChI=1S/C19H18ClN3O3S2/c20-14-9-8-13(12-17(14)28(25,26)23-10-4-1-5-11-23)18(24)22-19-21-15-6-2-3-7-16(15)27-19/h2-3,6-9,12H,1,4-5,10-11H2,(H,21,22,24). The molecule has 1 amide bonds. The Kier molecular flexibility index (Phi) is 5.37. The fourth-order valence-electron chi connectivity index (χ4n) is 3.18. The van der Waals surface area contributed by atoms with Crippen molar-refractivity contribution in [3.63, 3.8) is 0 Å². The summed E-state index contributed by atoms with van der Waals surface area (Å²) in [5, 5.41) is 3.32. The number of carbonyl (C=O) groups is 1. The van der Waals surface area contributed by atoms with E-state index in [2.05, 4.69) is 10.3 Å². The molecule has 0 spiro atoms. The highest BCUT2D eigenvalue weighted by Crippen LogP contribution is 2.29. The number of hydrogen-bond acceptors (Lipinski definition) is 5. The molecule has 0 unspecified atom stereocenters. The van der Waals surface area contributed by atoms with E-state index in [1.807, 2.05) is 24.3 Å². The minimum Gasteiger partial charge on any atom is -0.298 e. The van der Waals surface area contributed by atoms with E-state index in [0.717, 1.165) is 29.5 Å². The van der Waals surface area contributed by atoms with Crippen LogP contribution in [0.2, 0.25) is 5.02 Å². The lowest BCUT2D eigenvalue weighted by Gasteiger charge is -2.26. The van der Waals surface area contributed by atoms with Crippen LogP contribution in [-0.4, -0.2) is 36.7 Å². The number of nitrogens with one attached hydrogen (secondary N) is 1. The Morgan fingerprint density at radius 1 is 1.11 bits per heavy atom. The molecule has 0 aliphatic carbocycles. The molecule has 0 bridgehead atoms. The van der Waals surface area contributed by atoms with E-state index in [1.165, 1.54) is 33.8 Å². The number of carbonyl (C=O) groups excluding carboxylic acids is 1. The van der Waals surface area contributed by atoms with Gasteiger partial charge in [0.2, 0.25) is 10.0 Å². The van der Waals surface area contributed by atoms with Crippen molar-refractivity contribution >= 4 is 54.2 Å². The quantitative estimate of drug-likeness (QED) is 0.659. The molecule has 1 fully saturated rings. The lowest BCUT2D eigenvalue weighted by molar-refractivity contribution is 0.102. The van der Waals surface area contributed by atoms with Crippen LogP contribution >= 0.6 is 22.9 Å². The van der Waals surface area contributed by atoms with E-state index in [-0.39, 0.29) is 15.5 Å². The Balaban J connectivity index is 1.61. The number of halogens is 1. The van der Waals surface area contributed by atoms with Gasteiger partial charge in [-0.3, -0.25) is 10.1 Å². The first kappa shape index (κ1) is 19.3. The summed E-state index contributed by atoms with van der Waals surface area (Å²) in [6, 6.07) is 11.9. The van der Waals surface area contributed by atoms with Crippen molar-refractivity contribution in [1.82, 2.24) is 9.29 Å². The van der Waals surface area contributed by atoms with Gasteiger partial charge in [-0.05, 0) is 43.2 Å². The summed E-state index contributed by atoms with van der Waals surface area (Å²) >= 11 is 7.53. The van der Waals surface area contributed by atoms with Crippen molar-refractivity contribution in [2.24, 2.45) is 0 Å². The van der Waals surface area contributed by atoms with Crippen LogP contribution in [-0.2, 0) is 10.0 Å². The molecule has 9 heteroatoms. The Morgan fingerprint density at radius 3 is 2.61 bits per heavy atom. The maximum Gasteiger partial charge on any atom is 0.257 e. The van der Waals surface area contributed by atoms with E-state index in [9.17, 15) is 13.2 Å². The molecule has 3 aromatic rings. The number of piperidine rings is 1. The number of rotatable bonds is 4. The van der Waals surface area contributed by atoms with E-state index < -0.39 is 15.9 Å². The molecule has 1 N–H and O–H groups in total. The van der Waals surface area contributed by atoms with E-state index in [0.29, 0.717) is 18.2 Å². The number of thiazole rings is 1. The molecule has 0 saturated carbocycles. The monoisotopic (exact) mass is 435 g/mol. The van der Waals surface area contributed by atoms with Crippen LogP contribution in [0.1, 0.15) is 29.6 Å². The second kappa shape index (κ2) is 7.79. The summed E-state index contributed by atoms with van der Waals surface area (Å²) in [5.74, 6) is -0.425. The molecule has 28 heavy (non-hydrogen) atoms. The zero-order valence-electron chi connectivity index (χ0n) is 14.9. The molecule has 4 rings (SSSR count). The Morgan fingerprint density at radius 2 is 1.86 bits per heavy atom. The van der Waals surface area contributed by atoms with Crippen LogP contribution in [0.5, 0.6) is 0 Å². The summed E-state index contributed by atoms with van der Waals surface area (Å²) in [6.45, 7) is 0.946. The number of amides is 1. The van der Waals surface area contributed by atoms with Gasteiger partial charge in [0.15, 0.2) is 5.13 Å². The second-order valence-corrected chi connectivity index (χ2v) is 9.90.